The van der Waals surface area contributed by atoms with Crippen LogP contribution < -0.4 is 4.74 Å². The molecule has 0 aromatic heterocycles. The van der Waals surface area contributed by atoms with Crippen molar-refractivity contribution in [2.75, 3.05) is 0 Å². The van der Waals surface area contributed by atoms with Gasteiger partial charge in [-0.15, -0.1) is 0 Å². The Kier molecular flexibility index (Phi) is 4.38. The Bertz CT molecular complexity index is 593. The molecule has 2 rings (SSSR count). The van der Waals surface area contributed by atoms with Crippen molar-refractivity contribution in [3.05, 3.63) is 59.2 Å². The highest BCUT2D eigenvalue weighted by atomic mass is 79.9. The van der Waals surface area contributed by atoms with Gasteiger partial charge in [0.1, 0.15) is 17.8 Å². The van der Waals surface area contributed by atoms with E-state index >= 15 is 0 Å². The highest BCUT2D eigenvalue weighted by Crippen LogP contribution is 2.33. The summed E-state index contributed by atoms with van der Waals surface area (Å²) in [6.45, 7) is 4.06. The minimum atomic E-state index is -0.352. The molecular weight excluding hydrogens is 304 g/mol. The Labute approximate surface area is 121 Å². The van der Waals surface area contributed by atoms with Crippen LogP contribution >= 0.6 is 15.9 Å². The summed E-state index contributed by atoms with van der Waals surface area (Å²) in [5.41, 5.74) is 3.11. The normalized spacial score (nSPS) is 11.9. The number of alkyl halides is 1. The molecule has 0 heterocycles. The first kappa shape index (κ1) is 13.8. The molecule has 0 fully saturated rings. The summed E-state index contributed by atoms with van der Waals surface area (Å²) in [5, 5.41) is 0. The van der Waals surface area contributed by atoms with Crippen molar-refractivity contribution in [3.8, 4) is 11.5 Å². The fourth-order valence-electron chi connectivity index (χ4n) is 1.91. The number of hydrogen-bond donors (Lipinski definition) is 0. The average molecular weight is 319 g/mol. The zero-order chi connectivity index (χ0) is 13.8. The lowest BCUT2D eigenvalue weighted by molar-refractivity contribution is -0.107. The van der Waals surface area contributed by atoms with E-state index in [1.165, 1.54) is 5.56 Å². The van der Waals surface area contributed by atoms with Crippen LogP contribution in [0.1, 0.15) is 21.5 Å². The molecule has 1 unspecified atom stereocenters. The summed E-state index contributed by atoms with van der Waals surface area (Å²) >= 11 is 3.33. The summed E-state index contributed by atoms with van der Waals surface area (Å²) in [6.07, 6.45) is 0.851. The van der Waals surface area contributed by atoms with Crippen LogP contribution in [0.25, 0.3) is 0 Å². The van der Waals surface area contributed by atoms with E-state index in [0.717, 1.165) is 23.2 Å². The predicted octanol–water partition coefficient (Wildman–Crippen LogP) is 4.73. The molecule has 19 heavy (non-hydrogen) atoms. The Hall–Kier alpha value is -1.61. The summed E-state index contributed by atoms with van der Waals surface area (Å²) < 4.78 is 5.93. The molecule has 1 atom stereocenters. The fraction of sp³-hybridized carbons (Fsp3) is 0.188. The third kappa shape index (κ3) is 3.24. The van der Waals surface area contributed by atoms with Crippen LogP contribution in [0.2, 0.25) is 0 Å². The van der Waals surface area contributed by atoms with Gasteiger partial charge in [0, 0.05) is 5.56 Å². The third-order valence-corrected chi connectivity index (χ3v) is 3.60. The molecule has 98 valence electrons. The van der Waals surface area contributed by atoms with Crippen LogP contribution in [0.3, 0.4) is 0 Å². The van der Waals surface area contributed by atoms with Gasteiger partial charge in [-0.1, -0.05) is 51.8 Å². The Morgan fingerprint density at radius 1 is 1.11 bits per heavy atom. The molecule has 0 amide bonds. The molecule has 0 saturated heterocycles. The second-order valence-electron chi connectivity index (χ2n) is 4.45. The number of aryl methyl sites for hydroxylation is 2. The van der Waals surface area contributed by atoms with E-state index in [0.29, 0.717) is 5.75 Å². The van der Waals surface area contributed by atoms with Crippen LogP contribution in [0, 0.1) is 13.8 Å². The number of halogens is 1. The first-order valence-electron chi connectivity index (χ1n) is 6.05. The van der Waals surface area contributed by atoms with Gasteiger partial charge in [-0.3, -0.25) is 0 Å². The number of ether oxygens (including phenoxy) is 1. The first-order valence-corrected chi connectivity index (χ1v) is 6.97. The van der Waals surface area contributed by atoms with Crippen molar-refractivity contribution < 1.29 is 9.53 Å². The topological polar surface area (TPSA) is 26.3 Å². The summed E-state index contributed by atoms with van der Waals surface area (Å²) in [4.78, 5) is 10.6. The molecule has 0 bridgehead atoms. The number of hydrogen-bond acceptors (Lipinski definition) is 2. The van der Waals surface area contributed by atoms with Crippen molar-refractivity contribution in [2.24, 2.45) is 0 Å². The van der Waals surface area contributed by atoms with Gasteiger partial charge >= 0.3 is 0 Å². The average Bonchev–Trinajstić information content (AvgIpc) is 2.41. The zero-order valence-electron chi connectivity index (χ0n) is 10.9. The number of benzene rings is 2. The predicted molar refractivity (Wildman–Crippen MR) is 80.2 cm³/mol. The minimum Gasteiger partial charge on any atom is -0.457 e. The molecule has 2 aromatic rings. The Morgan fingerprint density at radius 3 is 2.53 bits per heavy atom. The van der Waals surface area contributed by atoms with E-state index < -0.39 is 0 Å². The third-order valence-electron chi connectivity index (χ3n) is 2.89. The van der Waals surface area contributed by atoms with E-state index in [1.807, 2.05) is 50.2 Å². The molecule has 0 radical (unpaired) electrons. The van der Waals surface area contributed by atoms with Crippen molar-refractivity contribution in [2.45, 2.75) is 18.7 Å². The van der Waals surface area contributed by atoms with E-state index in [4.69, 9.17) is 4.74 Å². The van der Waals surface area contributed by atoms with Gasteiger partial charge in [-0.25, -0.2) is 0 Å². The number of carbonyl (C=O) groups excluding carboxylic acids is 1. The second kappa shape index (κ2) is 6.02. The maximum Gasteiger partial charge on any atom is 0.138 e. The van der Waals surface area contributed by atoms with Gasteiger partial charge in [0.15, 0.2) is 0 Å². The van der Waals surface area contributed by atoms with E-state index in [2.05, 4.69) is 22.0 Å². The summed E-state index contributed by atoms with van der Waals surface area (Å²) in [7, 11) is 0. The molecule has 0 spiro atoms. The Morgan fingerprint density at radius 2 is 1.84 bits per heavy atom. The van der Waals surface area contributed by atoms with Gasteiger partial charge in [-0.2, -0.15) is 0 Å². The molecule has 0 aliphatic rings. The molecule has 0 aliphatic heterocycles. The zero-order valence-corrected chi connectivity index (χ0v) is 12.5. The minimum absolute atomic E-state index is 0.352. The molecule has 0 N–H and O–H groups in total. The van der Waals surface area contributed by atoms with Gasteiger partial charge in [-0.05, 0) is 31.5 Å². The smallest absolute Gasteiger partial charge is 0.138 e. The standard InChI is InChI=1S/C16H15BrO2/c1-11-7-8-15(12(2)9-11)19-16-6-4-3-5-13(16)14(17)10-18/h3-10,14H,1-2H3. The molecule has 3 heteroatoms. The van der Waals surface area contributed by atoms with Crippen molar-refractivity contribution in [3.63, 3.8) is 0 Å². The maximum atomic E-state index is 10.9. The van der Waals surface area contributed by atoms with Gasteiger partial charge in [0.2, 0.25) is 0 Å². The van der Waals surface area contributed by atoms with Crippen LogP contribution in [0.5, 0.6) is 11.5 Å². The number of aldehydes is 1. The van der Waals surface area contributed by atoms with E-state index in [1.54, 1.807) is 0 Å². The van der Waals surface area contributed by atoms with E-state index in [-0.39, 0.29) is 4.83 Å². The summed E-state index contributed by atoms with van der Waals surface area (Å²) in [6, 6.07) is 13.6. The second-order valence-corrected chi connectivity index (χ2v) is 5.43. The molecule has 0 aliphatic carbocycles. The highest BCUT2D eigenvalue weighted by Gasteiger charge is 2.13. The van der Waals surface area contributed by atoms with Crippen LogP contribution in [-0.4, -0.2) is 6.29 Å². The van der Waals surface area contributed by atoms with Crippen molar-refractivity contribution in [1.29, 1.82) is 0 Å². The van der Waals surface area contributed by atoms with Crippen LogP contribution in [0.15, 0.2) is 42.5 Å². The van der Waals surface area contributed by atoms with Gasteiger partial charge < -0.3 is 9.53 Å². The molecular formula is C16H15BrO2. The number of carbonyl (C=O) groups is 1. The monoisotopic (exact) mass is 318 g/mol. The largest absolute Gasteiger partial charge is 0.457 e. The van der Waals surface area contributed by atoms with Crippen LogP contribution in [-0.2, 0) is 4.79 Å². The lowest BCUT2D eigenvalue weighted by Crippen LogP contribution is -1.96. The van der Waals surface area contributed by atoms with E-state index in [9.17, 15) is 4.79 Å². The fourth-order valence-corrected chi connectivity index (χ4v) is 2.29. The maximum absolute atomic E-state index is 10.9. The lowest BCUT2D eigenvalue weighted by Gasteiger charge is -2.14. The SMILES string of the molecule is Cc1ccc(Oc2ccccc2C(Br)C=O)c(C)c1. The van der Waals surface area contributed by atoms with Gasteiger partial charge in [0.25, 0.3) is 0 Å². The Balaban J connectivity index is 2.35. The van der Waals surface area contributed by atoms with Gasteiger partial charge in [0.05, 0.1) is 4.83 Å². The number of para-hydroxylation sites is 1. The first-order chi connectivity index (χ1) is 9.11. The molecule has 0 saturated carbocycles. The summed E-state index contributed by atoms with van der Waals surface area (Å²) in [5.74, 6) is 1.51. The molecule has 2 nitrogen and oxygen atoms in total. The number of rotatable bonds is 4. The highest BCUT2D eigenvalue weighted by molar-refractivity contribution is 9.09. The van der Waals surface area contributed by atoms with Crippen LogP contribution in [0.4, 0.5) is 0 Å². The van der Waals surface area contributed by atoms with Crippen molar-refractivity contribution >= 4 is 22.2 Å². The quantitative estimate of drug-likeness (QED) is 0.601. The van der Waals surface area contributed by atoms with Crippen molar-refractivity contribution in [1.82, 2.24) is 0 Å². The lowest BCUT2D eigenvalue weighted by atomic mass is 10.1. The molecule has 2 aromatic carbocycles.